The lowest BCUT2D eigenvalue weighted by Gasteiger charge is -2.24. The molecule has 82 valence electrons. The summed E-state index contributed by atoms with van der Waals surface area (Å²) in [4.78, 5) is 2.33. The SMILES string of the molecule is C=C(C)N(CCC)Cc1cccc(C)c1. The van der Waals surface area contributed by atoms with Gasteiger partial charge in [-0.25, -0.2) is 0 Å². The molecular weight excluding hydrogens is 182 g/mol. The molecule has 0 aliphatic heterocycles. The molecule has 1 aromatic rings. The number of rotatable bonds is 5. The summed E-state index contributed by atoms with van der Waals surface area (Å²) in [5, 5.41) is 0. The second-order valence-corrected chi connectivity index (χ2v) is 4.15. The molecule has 1 heteroatoms. The zero-order chi connectivity index (χ0) is 11.3. The van der Waals surface area contributed by atoms with Crippen LogP contribution in [0.2, 0.25) is 0 Å². The summed E-state index contributed by atoms with van der Waals surface area (Å²) >= 11 is 0. The van der Waals surface area contributed by atoms with Gasteiger partial charge in [-0.2, -0.15) is 0 Å². The third kappa shape index (κ3) is 3.78. The van der Waals surface area contributed by atoms with Crippen LogP contribution in [0, 0.1) is 6.92 Å². The third-order valence-electron chi connectivity index (χ3n) is 2.49. The molecule has 0 heterocycles. The maximum atomic E-state index is 4.02. The lowest BCUT2D eigenvalue weighted by Crippen LogP contribution is -2.21. The van der Waals surface area contributed by atoms with Crippen molar-refractivity contribution in [3.63, 3.8) is 0 Å². The van der Waals surface area contributed by atoms with Crippen molar-refractivity contribution in [2.75, 3.05) is 6.54 Å². The van der Waals surface area contributed by atoms with Crippen LogP contribution in [-0.4, -0.2) is 11.4 Å². The van der Waals surface area contributed by atoms with E-state index in [0.29, 0.717) is 0 Å². The van der Waals surface area contributed by atoms with Crippen molar-refractivity contribution in [2.45, 2.75) is 33.7 Å². The topological polar surface area (TPSA) is 3.24 Å². The fraction of sp³-hybridized carbons (Fsp3) is 0.429. The first-order chi connectivity index (χ1) is 7.13. The second-order valence-electron chi connectivity index (χ2n) is 4.15. The van der Waals surface area contributed by atoms with Crippen LogP contribution < -0.4 is 0 Å². The van der Waals surface area contributed by atoms with Gasteiger partial charge in [0, 0.05) is 18.8 Å². The third-order valence-corrected chi connectivity index (χ3v) is 2.49. The minimum atomic E-state index is 0.977. The van der Waals surface area contributed by atoms with E-state index < -0.39 is 0 Å². The van der Waals surface area contributed by atoms with Crippen LogP contribution in [0.3, 0.4) is 0 Å². The van der Waals surface area contributed by atoms with E-state index in [1.165, 1.54) is 17.5 Å². The molecule has 0 amide bonds. The maximum absolute atomic E-state index is 4.02. The van der Waals surface area contributed by atoms with Gasteiger partial charge in [0.1, 0.15) is 0 Å². The molecule has 1 nitrogen and oxygen atoms in total. The summed E-state index contributed by atoms with van der Waals surface area (Å²) in [7, 11) is 0. The Morgan fingerprint density at radius 1 is 1.40 bits per heavy atom. The highest BCUT2D eigenvalue weighted by atomic mass is 15.1. The summed E-state index contributed by atoms with van der Waals surface area (Å²) in [6.45, 7) is 12.5. The van der Waals surface area contributed by atoms with Gasteiger partial charge in [0.15, 0.2) is 0 Å². The minimum absolute atomic E-state index is 0.977. The number of hydrogen-bond acceptors (Lipinski definition) is 1. The molecule has 0 saturated carbocycles. The molecule has 0 N–H and O–H groups in total. The van der Waals surface area contributed by atoms with E-state index in [0.717, 1.165) is 18.8 Å². The van der Waals surface area contributed by atoms with Gasteiger partial charge in [-0.15, -0.1) is 0 Å². The van der Waals surface area contributed by atoms with E-state index in [-0.39, 0.29) is 0 Å². The van der Waals surface area contributed by atoms with Crippen LogP contribution in [0.1, 0.15) is 31.4 Å². The zero-order valence-electron chi connectivity index (χ0n) is 10.1. The van der Waals surface area contributed by atoms with Crippen LogP contribution >= 0.6 is 0 Å². The highest BCUT2D eigenvalue weighted by Gasteiger charge is 2.03. The molecule has 0 bridgehead atoms. The van der Waals surface area contributed by atoms with Crippen LogP contribution in [0.4, 0.5) is 0 Å². The van der Waals surface area contributed by atoms with Crippen LogP contribution in [0.5, 0.6) is 0 Å². The molecule has 0 aliphatic carbocycles. The normalized spacial score (nSPS) is 10.1. The summed E-state index contributed by atoms with van der Waals surface area (Å²) in [6.07, 6.45) is 1.17. The molecule has 0 fully saturated rings. The Morgan fingerprint density at radius 2 is 2.13 bits per heavy atom. The fourth-order valence-corrected chi connectivity index (χ4v) is 1.71. The van der Waals surface area contributed by atoms with E-state index in [4.69, 9.17) is 0 Å². The molecule has 0 aliphatic rings. The number of allylic oxidation sites excluding steroid dienone is 1. The van der Waals surface area contributed by atoms with Crippen molar-refractivity contribution >= 4 is 0 Å². The van der Waals surface area contributed by atoms with Gasteiger partial charge in [0.2, 0.25) is 0 Å². The number of aryl methyl sites for hydroxylation is 1. The van der Waals surface area contributed by atoms with E-state index >= 15 is 0 Å². The highest BCUT2D eigenvalue weighted by Crippen LogP contribution is 2.11. The van der Waals surface area contributed by atoms with Crippen molar-refractivity contribution in [3.05, 3.63) is 47.7 Å². The first-order valence-corrected chi connectivity index (χ1v) is 5.59. The lowest BCUT2D eigenvalue weighted by molar-refractivity contribution is 0.339. The van der Waals surface area contributed by atoms with E-state index in [9.17, 15) is 0 Å². The zero-order valence-corrected chi connectivity index (χ0v) is 10.1. The minimum Gasteiger partial charge on any atom is -0.371 e. The molecule has 0 spiro atoms. The van der Waals surface area contributed by atoms with Gasteiger partial charge in [-0.05, 0) is 25.8 Å². The van der Waals surface area contributed by atoms with Crippen molar-refractivity contribution in [3.8, 4) is 0 Å². The molecule has 15 heavy (non-hydrogen) atoms. The second kappa shape index (κ2) is 5.59. The lowest BCUT2D eigenvalue weighted by atomic mass is 10.1. The Balaban J connectivity index is 2.69. The molecule has 0 radical (unpaired) electrons. The molecular formula is C14H21N. The Labute approximate surface area is 93.4 Å². The van der Waals surface area contributed by atoms with Crippen molar-refractivity contribution < 1.29 is 0 Å². The molecule has 1 aromatic carbocycles. The average molecular weight is 203 g/mol. The maximum Gasteiger partial charge on any atom is 0.0426 e. The quantitative estimate of drug-likeness (QED) is 0.704. The summed E-state index contributed by atoms with van der Waals surface area (Å²) in [6, 6.07) is 8.67. The molecule has 0 aromatic heterocycles. The Morgan fingerprint density at radius 3 is 2.67 bits per heavy atom. The molecule has 0 unspecified atom stereocenters. The number of benzene rings is 1. The smallest absolute Gasteiger partial charge is 0.0426 e. The van der Waals surface area contributed by atoms with Crippen LogP contribution in [0.15, 0.2) is 36.5 Å². The highest BCUT2D eigenvalue weighted by molar-refractivity contribution is 5.22. The summed E-state index contributed by atoms with van der Waals surface area (Å²) in [5.41, 5.74) is 3.84. The van der Waals surface area contributed by atoms with E-state index in [1.807, 2.05) is 0 Å². The van der Waals surface area contributed by atoms with Gasteiger partial charge in [-0.1, -0.05) is 43.3 Å². The molecule has 0 atom stereocenters. The Kier molecular flexibility index (Phi) is 4.41. The largest absolute Gasteiger partial charge is 0.371 e. The molecule has 1 rings (SSSR count). The summed E-state index contributed by atoms with van der Waals surface area (Å²) < 4.78 is 0. The van der Waals surface area contributed by atoms with Crippen molar-refractivity contribution in [2.24, 2.45) is 0 Å². The van der Waals surface area contributed by atoms with Crippen molar-refractivity contribution in [1.29, 1.82) is 0 Å². The predicted molar refractivity (Wildman–Crippen MR) is 66.7 cm³/mol. The Hall–Kier alpha value is -1.24. The molecule has 0 saturated heterocycles. The van der Waals surface area contributed by atoms with Crippen LogP contribution in [0.25, 0.3) is 0 Å². The fourth-order valence-electron chi connectivity index (χ4n) is 1.71. The average Bonchev–Trinajstić information content (AvgIpc) is 2.17. The first kappa shape index (κ1) is 11.8. The van der Waals surface area contributed by atoms with Gasteiger partial charge in [0.25, 0.3) is 0 Å². The van der Waals surface area contributed by atoms with Crippen LogP contribution in [-0.2, 0) is 6.54 Å². The van der Waals surface area contributed by atoms with Crippen molar-refractivity contribution in [1.82, 2.24) is 4.90 Å². The van der Waals surface area contributed by atoms with Gasteiger partial charge in [-0.3, -0.25) is 0 Å². The number of hydrogen-bond donors (Lipinski definition) is 0. The monoisotopic (exact) mass is 203 g/mol. The Bertz CT molecular complexity index is 328. The van der Waals surface area contributed by atoms with Gasteiger partial charge < -0.3 is 4.90 Å². The van der Waals surface area contributed by atoms with Gasteiger partial charge in [0.05, 0.1) is 0 Å². The van der Waals surface area contributed by atoms with E-state index in [1.54, 1.807) is 0 Å². The summed E-state index contributed by atoms with van der Waals surface area (Å²) in [5.74, 6) is 0. The first-order valence-electron chi connectivity index (χ1n) is 5.59. The van der Waals surface area contributed by atoms with E-state index in [2.05, 4.69) is 56.5 Å². The number of nitrogens with zero attached hydrogens (tertiary/aromatic N) is 1. The predicted octanol–water partition coefficient (Wildman–Crippen LogP) is 3.74. The van der Waals surface area contributed by atoms with Gasteiger partial charge >= 0.3 is 0 Å². The standard InChI is InChI=1S/C14H21N/c1-5-9-15(12(2)3)11-14-8-6-7-13(4)10-14/h6-8,10H,2,5,9,11H2,1,3-4H3.